The lowest BCUT2D eigenvalue weighted by Crippen LogP contribution is -2.54. The first-order valence-electron chi connectivity index (χ1n) is 10.8. The van der Waals surface area contributed by atoms with Crippen molar-refractivity contribution in [1.82, 2.24) is 10.2 Å². The minimum atomic E-state index is -0.509. The smallest absolute Gasteiger partial charge is 0.243 e. The number of carbonyl (C=O) groups excluding carboxylic acids is 2. The van der Waals surface area contributed by atoms with Crippen molar-refractivity contribution >= 4 is 46.8 Å². The van der Waals surface area contributed by atoms with E-state index < -0.39 is 6.04 Å². The highest BCUT2D eigenvalue weighted by Crippen LogP contribution is 2.25. The van der Waals surface area contributed by atoms with Gasteiger partial charge in [-0.1, -0.05) is 66.5 Å². The molecule has 0 saturated heterocycles. The molecule has 0 fully saturated rings. The zero-order valence-electron chi connectivity index (χ0n) is 19.2. The van der Waals surface area contributed by atoms with Crippen molar-refractivity contribution < 1.29 is 9.59 Å². The molecule has 2 amide bonds. The van der Waals surface area contributed by atoms with Gasteiger partial charge in [0.2, 0.25) is 11.8 Å². The van der Waals surface area contributed by atoms with Gasteiger partial charge in [0.1, 0.15) is 6.04 Å². The van der Waals surface area contributed by atoms with Crippen LogP contribution in [-0.2, 0) is 21.8 Å². The molecule has 2 aromatic carbocycles. The molecule has 0 unspecified atom stereocenters. The highest BCUT2D eigenvalue weighted by atomic mass is 35.5. The fourth-order valence-corrected chi connectivity index (χ4v) is 4.79. The van der Waals surface area contributed by atoms with Crippen LogP contribution in [0.5, 0.6) is 0 Å². The molecule has 4 nitrogen and oxygen atoms in total. The number of thioether (sulfide) groups is 1. The van der Waals surface area contributed by atoms with Crippen molar-refractivity contribution in [1.29, 1.82) is 0 Å². The van der Waals surface area contributed by atoms with Crippen LogP contribution in [0.4, 0.5) is 0 Å². The highest BCUT2D eigenvalue weighted by molar-refractivity contribution is 7.99. The van der Waals surface area contributed by atoms with Gasteiger partial charge in [-0.15, -0.1) is 11.8 Å². The van der Waals surface area contributed by atoms with Gasteiger partial charge in [-0.05, 0) is 56.9 Å². The van der Waals surface area contributed by atoms with E-state index in [-0.39, 0.29) is 23.1 Å². The van der Waals surface area contributed by atoms with Gasteiger partial charge < -0.3 is 10.2 Å². The molecule has 0 heterocycles. The number of hydrogen-bond donors (Lipinski definition) is 1. The average Bonchev–Trinajstić information content (AvgIpc) is 2.72. The summed E-state index contributed by atoms with van der Waals surface area (Å²) in [6.45, 7) is 8.26. The minimum absolute atomic E-state index is 0.0491. The van der Waals surface area contributed by atoms with Crippen LogP contribution in [0, 0.1) is 0 Å². The van der Waals surface area contributed by atoms with Crippen LogP contribution in [0.1, 0.15) is 45.2 Å². The third-order valence-corrected chi connectivity index (χ3v) is 6.42. The molecule has 1 N–H and O–H groups in total. The standard InChI is InChI=1S/C25H32Cl2N2O2S/c1-5-22(24(31)28-25(2,3)4)29(14-13-18-9-7-6-8-10-18)23(30)17-32-16-19-11-12-20(26)15-21(19)27/h6-12,15,22H,5,13-14,16-17H2,1-4H3,(H,28,31)/t22-/m1/s1. The largest absolute Gasteiger partial charge is 0.350 e. The normalized spacial score (nSPS) is 12.3. The third-order valence-electron chi connectivity index (χ3n) is 4.87. The maximum Gasteiger partial charge on any atom is 0.243 e. The number of benzene rings is 2. The van der Waals surface area contributed by atoms with E-state index in [4.69, 9.17) is 23.2 Å². The van der Waals surface area contributed by atoms with E-state index in [1.165, 1.54) is 11.8 Å². The zero-order chi connectivity index (χ0) is 23.7. The Balaban J connectivity index is 2.10. The maximum absolute atomic E-state index is 13.2. The van der Waals surface area contributed by atoms with Crippen molar-refractivity contribution in [3.8, 4) is 0 Å². The number of nitrogens with zero attached hydrogens (tertiary/aromatic N) is 1. The SMILES string of the molecule is CC[C@H](C(=O)NC(C)(C)C)N(CCc1ccccc1)C(=O)CSCc1ccc(Cl)cc1Cl. The first-order chi connectivity index (χ1) is 15.1. The molecule has 32 heavy (non-hydrogen) atoms. The van der Waals surface area contributed by atoms with Gasteiger partial charge in [0.05, 0.1) is 5.75 Å². The molecular weight excluding hydrogens is 463 g/mol. The quantitative estimate of drug-likeness (QED) is 0.441. The summed E-state index contributed by atoms with van der Waals surface area (Å²) in [6, 6.07) is 14.9. The van der Waals surface area contributed by atoms with Crippen LogP contribution >= 0.6 is 35.0 Å². The van der Waals surface area contributed by atoms with Gasteiger partial charge in [0.15, 0.2) is 0 Å². The zero-order valence-corrected chi connectivity index (χ0v) is 21.5. The van der Waals surface area contributed by atoms with Crippen LogP contribution in [-0.4, -0.2) is 40.6 Å². The molecule has 0 aromatic heterocycles. The molecule has 174 valence electrons. The van der Waals surface area contributed by atoms with E-state index in [0.717, 1.165) is 11.1 Å². The Labute approximate surface area is 206 Å². The highest BCUT2D eigenvalue weighted by Gasteiger charge is 2.30. The lowest BCUT2D eigenvalue weighted by atomic mass is 10.1. The second-order valence-electron chi connectivity index (χ2n) is 8.71. The number of carbonyl (C=O) groups is 2. The maximum atomic E-state index is 13.2. The Kier molecular flexibility index (Phi) is 10.4. The van der Waals surface area contributed by atoms with Crippen molar-refractivity contribution in [2.75, 3.05) is 12.3 Å². The molecular formula is C25H32Cl2N2O2S. The molecule has 0 bridgehead atoms. The first kappa shape index (κ1) is 26.6. The van der Waals surface area contributed by atoms with Crippen LogP contribution in [0.25, 0.3) is 0 Å². The topological polar surface area (TPSA) is 49.4 Å². The second-order valence-corrected chi connectivity index (χ2v) is 10.5. The minimum Gasteiger partial charge on any atom is -0.350 e. The van der Waals surface area contributed by atoms with Gasteiger partial charge in [0.25, 0.3) is 0 Å². The van der Waals surface area contributed by atoms with E-state index in [1.54, 1.807) is 17.0 Å². The number of halogens is 2. The molecule has 7 heteroatoms. The van der Waals surface area contributed by atoms with E-state index in [9.17, 15) is 9.59 Å². The number of rotatable bonds is 10. The van der Waals surface area contributed by atoms with Crippen molar-refractivity contribution in [3.63, 3.8) is 0 Å². The second kappa shape index (κ2) is 12.5. The summed E-state index contributed by atoms with van der Waals surface area (Å²) >= 11 is 13.7. The molecule has 0 radical (unpaired) electrons. The fraction of sp³-hybridized carbons (Fsp3) is 0.440. The number of nitrogens with one attached hydrogen (secondary N) is 1. The molecule has 1 atom stereocenters. The molecule has 0 spiro atoms. The van der Waals surface area contributed by atoms with Crippen molar-refractivity contribution in [2.45, 2.75) is 57.9 Å². The van der Waals surface area contributed by atoms with Crippen LogP contribution in [0.15, 0.2) is 48.5 Å². The van der Waals surface area contributed by atoms with Gasteiger partial charge in [-0.2, -0.15) is 0 Å². The molecule has 2 rings (SSSR count). The fourth-order valence-electron chi connectivity index (χ4n) is 3.32. The summed E-state index contributed by atoms with van der Waals surface area (Å²) in [5.74, 6) is 0.700. The van der Waals surface area contributed by atoms with Crippen LogP contribution in [0.2, 0.25) is 10.0 Å². The Hall–Kier alpha value is -1.69. The lowest BCUT2D eigenvalue weighted by Gasteiger charge is -2.33. The summed E-state index contributed by atoms with van der Waals surface area (Å²) < 4.78 is 0. The summed E-state index contributed by atoms with van der Waals surface area (Å²) in [4.78, 5) is 27.9. The number of amides is 2. The third kappa shape index (κ3) is 8.68. The monoisotopic (exact) mass is 494 g/mol. The summed E-state index contributed by atoms with van der Waals surface area (Å²) in [5.41, 5.74) is 1.71. The lowest BCUT2D eigenvalue weighted by molar-refractivity contribution is -0.139. The van der Waals surface area contributed by atoms with Gasteiger partial charge >= 0.3 is 0 Å². The van der Waals surface area contributed by atoms with Crippen LogP contribution < -0.4 is 5.32 Å². The van der Waals surface area contributed by atoms with Crippen LogP contribution in [0.3, 0.4) is 0 Å². The summed E-state index contributed by atoms with van der Waals surface area (Å²) in [6.07, 6.45) is 1.25. The van der Waals surface area contributed by atoms with Gasteiger partial charge in [0, 0.05) is 27.9 Å². The summed E-state index contributed by atoms with van der Waals surface area (Å²) in [7, 11) is 0. The van der Waals surface area contributed by atoms with E-state index in [1.807, 2.05) is 64.1 Å². The average molecular weight is 496 g/mol. The van der Waals surface area contributed by atoms with Gasteiger partial charge in [-0.25, -0.2) is 0 Å². The Morgan fingerprint density at radius 2 is 1.78 bits per heavy atom. The molecule has 0 aliphatic heterocycles. The van der Waals surface area contributed by atoms with Crippen molar-refractivity contribution in [2.24, 2.45) is 0 Å². The molecule has 0 aliphatic carbocycles. The van der Waals surface area contributed by atoms with E-state index >= 15 is 0 Å². The molecule has 0 saturated carbocycles. The first-order valence-corrected chi connectivity index (χ1v) is 12.7. The molecule has 0 aliphatic rings. The Bertz CT molecular complexity index is 901. The van der Waals surface area contributed by atoms with Gasteiger partial charge in [-0.3, -0.25) is 9.59 Å². The van der Waals surface area contributed by atoms with Crippen molar-refractivity contribution in [3.05, 3.63) is 69.7 Å². The van der Waals surface area contributed by atoms with E-state index in [2.05, 4.69) is 5.32 Å². The Morgan fingerprint density at radius 3 is 2.38 bits per heavy atom. The Morgan fingerprint density at radius 1 is 1.09 bits per heavy atom. The van der Waals surface area contributed by atoms with E-state index in [0.29, 0.717) is 35.2 Å². The molecule has 2 aromatic rings. The predicted molar refractivity (Wildman–Crippen MR) is 136 cm³/mol. The number of hydrogen-bond acceptors (Lipinski definition) is 3. The summed E-state index contributed by atoms with van der Waals surface area (Å²) in [5, 5.41) is 4.21. The predicted octanol–water partition coefficient (Wildman–Crippen LogP) is 5.99.